The molecule has 0 aliphatic heterocycles. The molecule has 0 atom stereocenters. The van der Waals surface area contributed by atoms with E-state index in [-0.39, 0.29) is 19.1 Å². The fourth-order valence-corrected chi connectivity index (χ4v) is 1.21. The molecule has 0 bridgehead atoms. The number of nitrogens with zero attached hydrogens (tertiary/aromatic N) is 1. The molecule has 0 heterocycles. The average Bonchev–Trinajstić information content (AvgIpc) is 2.38. The molecule has 1 rings (SSSR count). The number of hydrogen-bond acceptors (Lipinski definition) is 3. The SMILES string of the molecule is N#Cc1ccc(C(=O)NCCOCC(F)F)cc1. The van der Waals surface area contributed by atoms with E-state index in [1.54, 1.807) is 0 Å². The molecule has 0 saturated heterocycles. The Bertz CT molecular complexity index is 427. The van der Waals surface area contributed by atoms with Crippen LogP contribution in [0.2, 0.25) is 0 Å². The van der Waals surface area contributed by atoms with Crippen molar-refractivity contribution >= 4 is 5.91 Å². The zero-order chi connectivity index (χ0) is 13.4. The standard InChI is InChI=1S/C12H12F2N2O2/c13-11(14)8-18-6-5-16-12(17)10-3-1-9(7-15)2-4-10/h1-4,11H,5-6,8H2,(H,16,17). The van der Waals surface area contributed by atoms with Gasteiger partial charge in [-0.3, -0.25) is 4.79 Å². The molecule has 0 unspecified atom stereocenters. The van der Waals surface area contributed by atoms with Gasteiger partial charge < -0.3 is 10.1 Å². The first-order chi connectivity index (χ1) is 8.63. The van der Waals surface area contributed by atoms with Gasteiger partial charge in [0.2, 0.25) is 0 Å². The van der Waals surface area contributed by atoms with Crippen molar-refractivity contribution in [3.05, 3.63) is 35.4 Å². The number of benzene rings is 1. The van der Waals surface area contributed by atoms with Gasteiger partial charge >= 0.3 is 0 Å². The monoisotopic (exact) mass is 254 g/mol. The highest BCUT2D eigenvalue weighted by Crippen LogP contribution is 2.02. The molecule has 0 aliphatic carbocycles. The van der Waals surface area contributed by atoms with Gasteiger partial charge in [0.1, 0.15) is 6.61 Å². The Morgan fingerprint density at radius 1 is 1.39 bits per heavy atom. The predicted octanol–water partition coefficient (Wildman–Crippen LogP) is 1.57. The van der Waals surface area contributed by atoms with Crippen LogP contribution in [0.1, 0.15) is 15.9 Å². The van der Waals surface area contributed by atoms with Gasteiger partial charge in [-0.1, -0.05) is 0 Å². The number of ether oxygens (including phenoxy) is 1. The minimum absolute atomic E-state index is 0.0341. The minimum Gasteiger partial charge on any atom is -0.374 e. The third-order valence-electron chi connectivity index (χ3n) is 2.05. The molecule has 1 amide bonds. The fraction of sp³-hybridized carbons (Fsp3) is 0.333. The van der Waals surface area contributed by atoms with Crippen LogP contribution in [0.15, 0.2) is 24.3 Å². The molecule has 0 aliphatic rings. The molecule has 0 radical (unpaired) electrons. The fourth-order valence-electron chi connectivity index (χ4n) is 1.21. The summed E-state index contributed by atoms with van der Waals surface area (Å²) in [6.45, 7) is -0.440. The molecular formula is C12H12F2N2O2. The molecule has 0 saturated carbocycles. The van der Waals surface area contributed by atoms with Gasteiger partial charge in [-0.2, -0.15) is 5.26 Å². The lowest BCUT2D eigenvalue weighted by atomic mass is 10.1. The summed E-state index contributed by atoms with van der Waals surface area (Å²) in [6.07, 6.45) is -2.50. The number of nitrogens with one attached hydrogen (secondary N) is 1. The first-order valence-electron chi connectivity index (χ1n) is 5.27. The number of nitriles is 1. The highest BCUT2D eigenvalue weighted by atomic mass is 19.3. The Morgan fingerprint density at radius 3 is 2.61 bits per heavy atom. The van der Waals surface area contributed by atoms with Crippen molar-refractivity contribution < 1.29 is 18.3 Å². The highest BCUT2D eigenvalue weighted by Gasteiger charge is 2.05. The normalized spacial score (nSPS) is 10.1. The van der Waals surface area contributed by atoms with Crippen molar-refractivity contribution in [3.63, 3.8) is 0 Å². The second-order valence-electron chi connectivity index (χ2n) is 3.41. The lowest BCUT2D eigenvalue weighted by Gasteiger charge is -2.06. The molecule has 1 aromatic carbocycles. The van der Waals surface area contributed by atoms with Crippen LogP contribution in [0, 0.1) is 11.3 Å². The summed E-state index contributed by atoms with van der Waals surface area (Å²) in [6, 6.07) is 8.04. The van der Waals surface area contributed by atoms with E-state index in [0.717, 1.165) is 0 Å². The van der Waals surface area contributed by atoms with Gasteiger partial charge in [-0.25, -0.2) is 8.78 Å². The van der Waals surface area contributed by atoms with Crippen molar-refractivity contribution in [1.29, 1.82) is 5.26 Å². The first-order valence-corrected chi connectivity index (χ1v) is 5.27. The van der Waals surface area contributed by atoms with E-state index in [4.69, 9.17) is 5.26 Å². The topological polar surface area (TPSA) is 62.1 Å². The van der Waals surface area contributed by atoms with E-state index >= 15 is 0 Å². The number of halogens is 2. The molecule has 4 nitrogen and oxygen atoms in total. The third-order valence-corrected chi connectivity index (χ3v) is 2.05. The summed E-state index contributed by atoms with van der Waals surface area (Å²) in [5.74, 6) is -0.333. The zero-order valence-electron chi connectivity index (χ0n) is 9.53. The Balaban J connectivity index is 2.30. The molecular weight excluding hydrogens is 242 g/mol. The summed E-state index contributed by atoms with van der Waals surface area (Å²) < 4.78 is 28.0. The summed E-state index contributed by atoms with van der Waals surface area (Å²) in [4.78, 5) is 11.5. The first kappa shape index (κ1) is 14.1. The maximum atomic E-state index is 11.7. The molecule has 18 heavy (non-hydrogen) atoms. The second-order valence-corrected chi connectivity index (χ2v) is 3.41. The van der Waals surface area contributed by atoms with Crippen LogP contribution < -0.4 is 5.32 Å². The van der Waals surface area contributed by atoms with Crippen LogP contribution in [-0.2, 0) is 4.74 Å². The van der Waals surface area contributed by atoms with E-state index < -0.39 is 13.0 Å². The molecule has 0 fully saturated rings. The number of carbonyl (C=O) groups excluding carboxylic acids is 1. The summed E-state index contributed by atoms with van der Waals surface area (Å²) in [7, 11) is 0. The number of alkyl halides is 2. The van der Waals surface area contributed by atoms with Crippen LogP contribution in [0.4, 0.5) is 8.78 Å². The average molecular weight is 254 g/mol. The van der Waals surface area contributed by atoms with Crippen LogP contribution in [0.5, 0.6) is 0 Å². The van der Waals surface area contributed by atoms with E-state index in [2.05, 4.69) is 10.1 Å². The van der Waals surface area contributed by atoms with E-state index in [0.29, 0.717) is 11.1 Å². The smallest absolute Gasteiger partial charge is 0.261 e. The number of rotatable bonds is 6. The Hall–Kier alpha value is -2.00. The van der Waals surface area contributed by atoms with Gasteiger partial charge in [-0.05, 0) is 24.3 Å². The quantitative estimate of drug-likeness (QED) is 0.784. The maximum Gasteiger partial charge on any atom is 0.261 e. The Kier molecular flexibility index (Phi) is 5.74. The van der Waals surface area contributed by atoms with Crippen LogP contribution in [0.25, 0.3) is 0 Å². The zero-order valence-corrected chi connectivity index (χ0v) is 9.53. The van der Waals surface area contributed by atoms with Crippen LogP contribution in [0.3, 0.4) is 0 Å². The summed E-state index contributed by atoms with van der Waals surface area (Å²) in [5.41, 5.74) is 0.870. The molecule has 1 N–H and O–H groups in total. The Labute approximate surface area is 103 Å². The lowest BCUT2D eigenvalue weighted by Crippen LogP contribution is -2.27. The Morgan fingerprint density at radius 2 is 2.06 bits per heavy atom. The number of carbonyl (C=O) groups is 1. The van der Waals surface area contributed by atoms with Crippen molar-refractivity contribution in [3.8, 4) is 6.07 Å². The van der Waals surface area contributed by atoms with Gasteiger partial charge in [0.15, 0.2) is 0 Å². The number of hydrogen-bond donors (Lipinski definition) is 1. The van der Waals surface area contributed by atoms with Crippen molar-refractivity contribution in [1.82, 2.24) is 5.32 Å². The van der Waals surface area contributed by atoms with E-state index in [1.807, 2.05) is 6.07 Å². The lowest BCUT2D eigenvalue weighted by molar-refractivity contribution is 0.0188. The molecule has 0 spiro atoms. The number of amides is 1. The largest absolute Gasteiger partial charge is 0.374 e. The summed E-state index contributed by atoms with van der Waals surface area (Å²) in [5, 5.41) is 11.1. The van der Waals surface area contributed by atoms with Crippen LogP contribution in [-0.4, -0.2) is 32.1 Å². The van der Waals surface area contributed by atoms with E-state index in [9.17, 15) is 13.6 Å². The molecule has 0 aromatic heterocycles. The van der Waals surface area contributed by atoms with Crippen molar-refractivity contribution in [2.75, 3.05) is 19.8 Å². The van der Waals surface area contributed by atoms with Gasteiger partial charge in [0.25, 0.3) is 12.3 Å². The van der Waals surface area contributed by atoms with Gasteiger partial charge in [0, 0.05) is 12.1 Å². The molecule has 6 heteroatoms. The van der Waals surface area contributed by atoms with Gasteiger partial charge in [-0.15, -0.1) is 0 Å². The van der Waals surface area contributed by atoms with Crippen molar-refractivity contribution in [2.45, 2.75) is 6.43 Å². The minimum atomic E-state index is -2.50. The highest BCUT2D eigenvalue weighted by molar-refractivity contribution is 5.94. The van der Waals surface area contributed by atoms with E-state index in [1.165, 1.54) is 24.3 Å². The third kappa shape index (κ3) is 4.89. The molecule has 1 aromatic rings. The summed E-state index contributed by atoms with van der Waals surface area (Å²) >= 11 is 0. The van der Waals surface area contributed by atoms with Gasteiger partial charge in [0.05, 0.1) is 18.2 Å². The van der Waals surface area contributed by atoms with Crippen LogP contribution >= 0.6 is 0 Å². The second kappa shape index (κ2) is 7.35. The maximum absolute atomic E-state index is 11.7. The predicted molar refractivity (Wildman–Crippen MR) is 60.3 cm³/mol. The van der Waals surface area contributed by atoms with Crippen molar-refractivity contribution in [2.24, 2.45) is 0 Å². The molecule has 96 valence electrons.